The van der Waals surface area contributed by atoms with Crippen molar-refractivity contribution >= 4 is 6.03 Å². The Hall–Kier alpha value is -2.24. The van der Waals surface area contributed by atoms with Crippen molar-refractivity contribution in [1.29, 1.82) is 0 Å². The maximum atomic E-state index is 12.8. The second-order valence-electron chi connectivity index (χ2n) is 6.85. The van der Waals surface area contributed by atoms with Crippen molar-refractivity contribution in [1.82, 2.24) is 25.0 Å². The highest BCUT2D eigenvalue weighted by Gasteiger charge is 2.29. The second-order valence-corrected chi connectivity index (χ2v) is 6.85. The van der Waals surface area contributed by atoms with Crippen LogP contribution < -0.4 is 5.32 Å². The lowest BCUT2D eigenvalue weighted by molar-refractivity contribution is 0.145. The topological polar surface area (TPSA) is 66.0 Å². The van der Waals surface area contributed by atoms with Crippen LogP contribution in [0.25, 0.3) is 0 Å². The maximum absolute atomic E-state index is 12.8. The molecule has 2 unspecified atom stereocenters. The first-order chi connectivity index (χ1) is 11.5. The summed E-state index contributed by atoms with van der Waals surface area (Å²) in [5.74, 6) is 0. The average molecular weight is 329 g/mol. The Morgan fingerprint density at radius 1 is 1.50 bits per heavy atom. The van der Waals surface area contributed by atoms with E-state index in [0.29, 0.717) is 0 Å². The van der Waals surface area contributed by atoms with Crippen molar-refractivity contribution in [2.45, 2.75) is 51.6 Å². The van der Waals surface area contributed by atoms with Crippen LogP contribution in [-0.4, -0.2) is 38.3 Å². The van der Waals surface area contributed by atoms with Crippen LogP contribution in [0.15, 0.2) is 24.4 Å². The zero-order valence-electron chi connectivity index (χ0n) is 14.7. The summed E-state index contributed by atoms with van der Waals surface area (Å²) in [4.78, 5) is 14.8. The van der Waals surface area contributed by atoms with Crippen LogP contribution in [0.1, 0.15) is 49.3 Å². The van der Waals surface area contributed by atoms with Crippen LogP contribution in [0.5, 0.6) is 0 Å². The number of carbonyl (C=O) groups excluding carboxylic acids is 1. The summed E-state index contributed by atoms with van der Waals surface area (Å²) >= 11 is 0. The van der Waals surface area contributed by atoms with E-state index in [0.717, 1.165) is 37.2 Å². The predicted molar refractivity (Wildman–Crippen MR) is 93.7 cm³/mol. The number of aromatic amines is 1. The number of H-pyrrole nitrogens is 1. The van der Waals surface area contributed by atoms with Crippen molar-refractivity contribution in [2.75, 3.05) is 6.54 Å². The predicted octanol–water partition coefficient (Wildman–Crippen LogP) is 2.92. The van der Waals surface area contributed by atoms with Gasteiger partial charge in [0, 0.05) is 43.6 Å². The number of nitrogens with one attached hydrogen (secondary N) is 2. The van der Waals surface area contributed by atoms with Crippen LogP contribution in [0, 0.1) is 6.92 Å². The van der Waals surface area contributed by atoms with Gasteiger partial charge in [0.15, 0.2) is 0 Å². The monoisotopic (exact) mass is 329 g/mol. The fourth-order valence-corrected chi connectivity index (χ4v) is 3.54. The molecule has 130 valence electrons. The summed E-state index contributed by atoms with van der Waals surface area (Å²) < 4.78 is 2.12. The van der Waals surface area contributed by atoms with Gasteiger partial charge in [-0.25, -0.2) is 4.79 Å². The molecule has 2 aromatic rings. The molecule has 2 N–H and O–H groups in total. The van der Waals surface area contributed by atoms with E-state index in [9.17, 15) is 4.79 Å². The second kappa shape index (κ2) is 7.11. The molecule has 0 radical (unpaired) electrons. The van der Waals surface area contributed by atoms with E-state index < -0.39 is 0 Å². The summed E-state index contributed by atoms with van der Waals surface area (Å²) in [5, 5.41) is 10.3. The number of likely N-dealkylation sites (tertiary alicyclic amines) is 1. The molecule has 1 aliphatic heterocycles. The number of hydrogen-bond acceptors (Lipinski definition) is 2. The molecular formula is C18H27N5O. The number of urea groups is 1. The van der Waals surface area contributed by atoms with Crippen molar-refractivity contribution in [3.05, 3.63) is 41.5 Å². The molecule has 1 fully saturated rings. The van der Waals surface area contributed by atoms with Crippen molar-refractivity contribution in [2.24, 2.45) is 7.05 Å². The van der Waals surface area contributed by atoms with E-state index in [1.165, 1.54) is 12.1 Å². The largest absolute Gasteiger partial charge is 0.353 e. The van der Waals surface area contributed by atoms with Crippen molar-refractivity contribution < 1.29 is 4.79 Å². The van der Waals surface area contributed by atoms with Gasteiger partial charge in [-0.1, -0.05) is 0 Å². The number of aromatic nitrogens is 3. The Morgan fingerprint density at radius 2 is 2.33 bits per heavy atom. The van der Waals surface area contributed by atoms with Crippen molar-refractivity contribution in [3.8, 4) is 0 Å². The van der Waals surface area contributed by atoms with Gasteiger partial charge in [-0.2, -0.15) is 5.10 Å². The normalized spacial score (nSPS) is 19.3. The van der Waals surface area contributed by atoms with Crippen LogP contribution >= 0.6 is 0 Å². The van der Waals surface area contributed by atoms with Gasteiger partial charge in [0.2, 0.25) is 0 Å². The number of nitrogens with zero attached hydrogens (tertiary/aromatic N) is 3. The van der Waals surface area contributed by atoms with E-state index in [1.807, 2.05) is 44.1 Å². The molecule has 2 aromatic heterocycles. The lowest BCUT2D eigenvalue weighted by atomic mass is 9.99. The summed E-state index contributed by atoms with van der Waals surface area (Å²) in [5.41, 5.74) is 3.24. The molecule has 0 bridgehead atoms. The van der Waals surface area contributed by atoms with Crippen LogP contribution in [-0.2, 0) is 13.5 Å². The average Bonchev–Trinajstić information content (AvgIpc) is 3.15. The molecule has 1 saturated heterocycles. The zero-order chi connectivity index (χ0) is 17.1. The summed E-state index contributed by atoms with van der Waals surface area (Å²) in [7, 11) is 2.04. The smallest absolute Gasteiger partial charge is 0.318 e. The number of carbonyl (C=O) groups is 1. The molecule has 3 rings (SSSR count). The highest BCUT2D eigenvalue weighted by molar-refractivity contribution is 5.75. The Labute approximate surface area is 143 Å². The van der Waals surface area contributed by atoms with Gasteiger partial charge in [0.1, 0.15) is 0 Å². The highest BCUT2D eigenvalue weighted by atomic mass is 16.2. The number of hydrogen-bond donors (Lipinski definition) is 2. The molecule has 0 spiro atoms. The first-order valence-electron chi connectivity index (χ1n) is 8.74. The molecule has 1 aliphatic rings. The first-order valence-corrected chi connectivity index (χ1v) is 8.74. The quantitative estimate of drug-likeness (QED) is 0.906. The third kappa shape index (κ3) is 3.63. The summed E-state index contributed by atoms with van der Waals surface area (Å²) in [6.07, 6.45) is 6.04. The molecule has 6 heteroatoms. The molecule has 6 nitrogen and oxygen atoms in total. The van der Waals surface area contributed by atoms with Crippen LogP contribution in [0.3, 0.4) is 0 Å². The Morgan fingerprint density at radius 3 is 3.00 bits per heavy atom. The fraction of sp³-hybridized carbons (Fsp3) is 0.556. The molecule has 0 aliphatic carbocycles. The van der Waals surface area contributed by atoms with E-state index >= 15 is 0 Å². The number of aryl methyl sites for hydroxylation is 2. The Bertz CT molecular complexity index is 689. The summed E-state index contributed by atoms with van der Waals surface area (Å²) in [6.45, 7) is 4.83. The minimum Gasteiger partial charge on any atom is -0.353 e. The highest BCUT2D eigenvalue weighted by Crippen LogP contribution is 2.30. The van der Waals surface area contributed by atoms with Crippen LogP contribution in [0.2, 0.25) is 0 Å². The van der Waals surface area contributed by atoms with Gasteiger partial charge in [0.05, 0.1) is 11.7 Å². The SMILES string of the molecule is Cc1cc(CC(C)NC(=O)N2CCCCC2c2cccn2C)n[nH]1. The Balaban J connectivity index is 1.64. The van der Waals surface area contributed by atoms with Gasteiger partial charge in [0.25, 0.3) is 0 Å². The minimum absolute atomic E-state index is 0.0284. The van der Waals surface area contributed by atoms with Gasteiger partial charge in [-0.15, -0.1) is 0 Å². The van der Waals surface area contributed by atoms with Gasteiger partial charge in [-0.3, -0.25) is 5.10 Å². The number of rotatable bonds is 4. The van der Waals surface area contributed by atoms with Gasteiger partial charge >= 0.3 is 6.03 Å². The standard InChI is InChI=1S/C18H27N5O/c1-13(11-15-12-14(2)20-21-15)19-18(24)23-10-5-4-7-17(23)16-8-6-9-22(16)3/h6,8-9,12-13,17H,4-5,7,10-11H2,1-3H3,(H,19,24)(H,20,21). The van der Waals surface area contributed by atoms with Crippen molar-refractivity contribution in [3.63, 3.8) is 0 Å². The van der Waals surface area contributed by atoms with E-state index in [4.69, 9.17) is 0 Å². The van der Waals surface area contributed by atoms with E-state index in [1.54, 1.807) is 0 Å². The maximum Gasteiger partial charge on any atom is 0.318 e. The molecule has 0 aromatic carbocycles. The summed E-state index contributed by atoms with van der Waals surface area (Å²) in [6, 6.07) is 6.43. The van der Waals surface area contributed by atoms with E-state index in [-0.39, 0.29) is 18.1 Å². The van der Waals surface area contributed by atoms with Gasteiger partial charge in [-0.05, 0) is 51.3 Å². The first kappa shape index (κ1) is 16.6. The lowest BCUT2D eigenvalue weighted by Gasteiger charge is -2.36. The number of piperidine rings is 1. The molecule has 2 atom stereocenters. The lowest BCUT2D eigenvalue weighted by Crippen LogP contribution is -2.48. The molecule has 3 heterocycles. The zero-order valence-corrected chi connectivity index (χ0v) is 14.7. The molecular weight excluding hydrogens is 302 g/mol. The number of amides is 2. The molecule has 0 saturated carbocycles. The van der Waals surface area contributed by atoms with Crippen LogP contribution in [0.4, 0.5) is 4.79 Å². The third-order valence-corrected chi connectivity index (χ3v) is 4.73. The van der Waals surface area contributed by atoms with E-state index in [2.05, 4.69) is 26.1 Å². The van der Waals surface area contributed by atoms with Gasteiger partial charge < -0.3 is 14.8 Å². The fourth-order valence-electron chi connectivity index (χ4n) is 3.54. The minimum atomic E-state index is 0.0284. The third-order valence-electron chi connectivity index (χ3n) is 4.73. The molecule has 24 heavy (non-hydrogen) atoms. The Kier molecular flexibility index (Phi) is 4.92. The molecule has 2 amide bonds.